The molecule has 1 N–H and O–H groups in total. The fourth-order valence-electron chi connectivity index (χ4n) is 2.63. The predicted molar refractivity (Wildman–Crippen MR) is 36.0 cm³/mol. The van der Waals surface area contributed by atoms with Crippen LogP contribution in [0.2, 0.25) is 0 Å². The van der Waals surface area contributed by atoms with Gasteiger partial charge in [-0.1, -0.05) is 6.92 Å². The summed E-state index contributed by atoms with van der Waals surface area (Å²) in [5, 5.41) is 9.50. The molecule has 0 amide bonds. The molecule has 2 aliphatic carbocycles. The smallest absolute Gasteiger partial charge is 0.0599 e. The minimum absolute atomic E-state index is 0.0694. The summed E-state index contributed by atoms with van der Waals surface area (Å²) in [6.45, 7) is 2.27. The van der Waals surface area contributed by atoms with Crippen LogP contribution in [0, 0.1) is 17.8 Å². The minimum Gasteiger partial charge on any atom is -0.393 e. The maximum absolute atomic E-state index is 9.50. The van der Waals surface area contributed by atoms with Crippen molar-refractivity contribution >= 4 is 0 Å². The highest BCUT2D eigenvalue weighted by Crippen LogP contribution is 2.47. The minimum atomic E-state index is 0.0694. The summed E-state index contributed by atoms with van der Waals surface area (Å²) in [6.07, 6.45) is 3.93. The lowest BCUT2D eigenvalue weighted by Crippen LogP contribution is -2.13. The molecule has 0 spiro atoms. The molecule has 4 atom stereocenters. The molecule has 2 bridgehead atoms. The van der Waals surface area contributed by atoms with Crippen molar-refractivity contribution in [2.75, 3.05) is 0 Å². The standard InChI is InChI=1S/C8H14O/c1-5-4-6-2-3-7(5)8(6)9/h5-9H,2-4H2,1H3. The van der Waals surface area contributed by atoms with E-state index >= 15 is 0 Å². The Kier molecular flexibility index (Phi) is 1.10. The third-order valence-electron chi connectivity index (χ3n) is 3.20. The van der Waals surface area contributed by atoms with E-state index in [0.29, 0.717) is 11.8 Å². The van der Waals surface area contributed by atoms with Crippen LogP contribution in [0.1, 0.15) is 26.2 Å². The highest BCUT2D eigenvalue weighted by Gasteiger charge is 2.44. The van der Waals surface area contributed by atoms with Crippen molar-refractivity contribution in [3.05, 3.63) is 0 Å². The van der Waals surface area contributed by atoms with Gasteiger partial charge in [0.2, 0.25) is 0 Å². The summed E-state index contributed by atoms with van der Waals surface area (Å²) in [4.78, 5) is 0. The van der Waals surface area contributed by atoms with E-state index < -0.39 is 0 Å². The van der Waals surface area contributed by atoms with Gasteiger partial charge < -0.3 is 5.11 Å². The van der Waals surface area contributed by atoms with Crippen LogP contribution in [0.4, 0.5) is 0 Å². The van der Waals surface area contributed by atoms with E-state index in [2.05, 4.69) is 6.92 Å². The topological polar surface area (TPSA) is 20.2 Å². The number of fused-ring (bicyclic) bond motifs is 2. The monoisotopic (exact) mass is 126 g/mol. The Hall–Kier alpha value is -0.0400. The molecule has 0 aromatic heterocycles. The van der Waals surface area contributed by atoms with E-state index in [1.165, 1.54) is 19.3 Å². The predicted octanol–water partition coefficient (Wildman–Crippen LogP) is 1.41. The molecule has 9 heavy (non-hydrogen) atoms. The zero-order valence-corrected chi connectivity index (χ0v) is 5.88. The van der Waals surface area contributed by atoms with Crippen LogP contribution in [0.3, 0.4) is 0 Å². The van der Waals surface area contributed by atoms with Gasteiger partial charge in [0.1, 0.15) is 0 Å². The van der Waals surface area contributed by atoms with Crippen molar-refractivity contribution < 1.29 is 5.11 Å². The van der Waals surface area contributed by atoms with Gasteiger partial charge in [-0.05, 0) is 37.0 Å². The number of aliphatic hydroxyl groups is 1. The molecule has 52 valence electrons. The van der Waals surface area contributed by atoms with Gasteiger partial charge >= 0.3 is 0 Å². The lowest BCUT2D eigenvalue weighted by Gasteiger charge is -2.15. The van der Waals surface area contributed by atoms with Crippen LogP contribution in [0.5, 0.6) is 0 Å². The largest absolute Gasteiger partial charge is 0.393 e. The molecule has 4 unspecified atom stereocenters. The Morgan fingerprint density at radius 1 is 1.33 bits per heavy atom. The molecule has 2 aliphatic rings. The van der Waals surface area contributed by atoms with E-state index in [1.54, 1.807) is 0 Å². The second-order valence-electron chi connectivity index (χ2n) is 3.70. The van der Waals surface area contributed by atoms with Gasteiger partial charge in [-0.3, -0.25) is 0 Å². The molecule has 1 nitrogen and oxygen atoms in total. The Bertz CT molecular complexity index is 122. The van der Waals surface area contributed by atoms with Gasteiger partial charge in [0.25, 0.3) is 0 Å². The normalized spacial score (nSPS) is 56.7. The molecule has 0 aromatic carbocycles. The lowest BCUT2D eigenvalue weighted by atomic mass is 9.91. The summed E-state index contributed by atoms with van der Waals surface area (Å²) in [5.74, 6) is 2.14. The van der Waals surface area contributed by atoms with E-state index in [4.69, 9.17) is 0 Å². The van der Waals surface area contributed by atoms with Crippen molar-refractivity contribution in [2.45, 2.75) is 32.3 Å². The van der Waals surface area contributed by atoms with Crippen LogP contribution in [0.25, 0.3) is 0 Å². The van der Waals surface area contributed by atoms with E-state index in [0.717, 1.165) is 5.92 Å². The molecule has 0 saturated heterocycles. The second-order valence-corrected chi connectivity index (χ2v) is 3.70. The Morgan fingerprint density at radius 3 is 2.33 bits per heavy atom. The molecule has 0 radical (unpaired) electrons. The zero-order valence-electron chi connectivity index (χ0n) is 5.88. The summed E-state index contributed by atoms with van der Waals surface area (Å²) in [6, 6.07) is 0. The molecule has 2 fully saturated rings. The van der Waals surface area contributed by atoms with Crippen molar-refractivity contribution in [2.24, 2.45) is 17.8 Å². The molecular weight excluding hydrogens is 112 g/mol. The summed E-state index contributed by atoms with van der Waals surface area (Å²) >= 11 is 0. The first-order valence-corrected chi connectivity index (χ1v) is 3.97. The molecule has 2 saturated carbocycles. The molecule has 0 heterocycles. The van der Waals surface area contributed by atoms with Gasteiger partial charge in [-0.2, -0.15) is 0 Å². The van der Waals surface area contributed by atoms with Crippen LogP contribution in [-0.2, 0) is 0 Å². The molecule has 1 heteroatoms. The average molecular weight is 126 g/mol. The van der Waals surface area contributed by atoms with E-state index in [-0.39, 0.29) is 6.10 Å². The van der Waals surface area contributed by atoms with Gasteiger partial charge in [0, 0.05) is 0 Å². The number of hydrogen-bond acceptors (Lipinski definition) is 1. The quantitative estimate of drug-likeness (QED) is 0.520. The first-order valence-electron chi connectivity index (χ1n) is 3.97. The third-order valence-corrected chi connectivity index (χ3v) is 3.20. The maximum Gasteiger partial charge on any atom is 0.0599 e. The first-order chi connectivity index (χ1) is 4.29. The maximum atomic E-state index is 9.50. The van der Waals surface area contributed by atoms with E-state index in [1.807, 2.05) is 0 Å². The number of hydrogen-bond donors (Lipinski definition) is 1. The second kappa shape index (κ2) is 1.72. The Labute approximate surface area is 56.1 Å². The number of aliphatic hydroxyl groups excluding tert-OH is 1. The Morgan fingerprint density at radius 2 is 2.11 bits per heavy atom. The fourth-order valence-corrected chi connectivity index (χ4v) is 2.63. The Balaban J connectivity index is 2.16. The van der Waals surface area contributed by atoms with Crippen molar-refractivity contribution in [3.8, 4) is 0 Å². The zero-order chi connectivity index (χ0) is 6.43. The van der Waals surface area contributed by atoms with Crippen molar-refractivity contribution in [1.82, 2.24) is 0 Å². The number of rotatable bonds is 0. The van der Waals surface area contributed by atoms with Crippen molar-refractivity contribution in [3.63, 3.8) is 0 Å². The molecule has 2 rings (SSSR count). The first kappa shape index (κ1) is 5.72. The molecule has 0 aromatic rings. The van der Waals surface area contributed by atoms with Gasteiger partial charge in [0.05, 0.1) is 6.10 Å². The summed E-state index contributed by atoms with van der Waals surface area (Å²) < 4.78 is 0. The van der Waals surface area contributed by atoms with Gasteiger partial charge in [-0.15, -0.1) is 0 Å². The molecule has 0 aliphatic heterocycles. The fraction of sp³-hybridized carbons (Fsp3) is 1.00. The summed E-state index contributed by atoms with van der Waals surface area (Å²) in [5.41, 5.74) is 0. The van der Waals surface area contributed by atoms with E-state index in [9.17, 15) is 5.11 Å². The van der Waals surface area contributed by atoms with Crippen LogP contribution in [0.15, 0.2) is 0 Å². The lowest BCUT2D eigenvalue weighted by molar-refractivity contribution is 0.122. The average Bonchev–Trinajstić information content (AvgIpc) is 2.25. The van der Waals surface area contributed by atoms with Gasteiger partial charge in [0.15, 0.2) is 0 Å². The van der Waals surface area contributed by atoms with Crippen LogP contribution >= 0.6 is 0 Å². The van der Waals surface area contributed by atoms with Crippen LogP contribution in [-0.4, -0.2) is 11.2 Å². The highest BCUT2D eigenvalue weighted by molar-refractivity contribution is 4.95. The van der Waals surface area contributed by atoms with Gasteiger partial charge in [-0.25, -0.2) is 0 Å². The third kappa shape index (κ3) is 0.644. The van der Waals surface area contributed by atoms with Crippen molar-refractivity contribution in [1.29, 1.82) is 0 Å². The summed E-state index contributed by atoms with van der Waals surface area (Å²) in [7, 11) is 0. The SMILES string of the molecule is CC1CC2CCC1C2O. The highest BCUT2D eigenvalue weighted by atomic mass is 16.3. The van der Waals surface area contributed by atoms with Crippen LogP contribution < -0.4 is 0 Å². The molecular formula is C8H14O.